The average molecular weight is 512 g/mol. The molecule has 1 N–H and O–H groups in total. The number of nitrogens with zero attached hydrogens (tertiary/aromatic N) is 1. The SMILES string of the molecule is CCCCNC(=O)[C@H](C)N(Cc1cccc(Cl)c1)C(=O)CSCc1ccc(Br)cc1. The van der Waals surface area contributed by atoms with E-state index in [1.54, 1.807) is 29.7 Å². The van der Waals surface area contributed by atoms with Crippen molar-refractivity contribution in [2.24, 2.45) is 0 Å². The Labute approximate surface area is 196 Å². The van der Waals surface area contributed by atoms with Crippen molar-refractivity contribution < 1.29 is 9.59 Å². The predicted octanol–water partition coefficient (Wildman–Crippen LogP) is 5.67. The molecule has 0 aliphatic rings. The third-order valence-electron chi connectivity index (χ3n) is 4.65. The maximum Gasteiger partial charge on any atom is 0.242 e. The topological polar surface area (TPSA) is 49.4 Å². The molecule has 0 heterocycles. The minimum absolute atomic E-state index is 0.0600. The molecule has 0 bridgehead atoms. The van der Waals surface area contributed by atoms with Gasteiger partial charge in [0.1, 0.15) is 6.04 Å². The van der Waals surface area contributed by atoms with Crippen LogP contribution in [0.2, 0.25) is 5.02 Å². The second-order valence-corrected chi connectivity index (χ2v) is 9.43. The second kappa shape index (κ2) is 13.0. The van der Waals surface area contributed by atoms with Crippen LogP contribution in [0.15, 0.2) is 53.0 Å². The number of hydrogen-bond donors (Lipinski definition) is 1. The molecule has 0 saturated heterocycles. The van der Waals surface area contributed by atoms with Crippen molar-refractivity contribution in [3.05, 3.63) is 69.2 Å². The minimum Gasteiger partial charge on any atom is -0.354 e. The zero-order valence-electron chi connectivity index (χ0n) is 17.4. The molecule has 2 aromatic rings. The Morgan fingerprint density at radius 2 is 1.90 bits per heavy atom. The quantitative estimate of drug-likeness (QED) is 0.396. The highest BCUT2D eigenvalue weighted by Gasteiger charge is 2.25. The maximum atomic E-state index is 13.0. The lowest BCUT2D eigenvalue weighted by Gasteiger charge is -2.29. The van der Waals surface area contributed by atoms with Crippen LogP contribution in [-0.2, 0) is 21.9 Å². The number of halogens is 2. The van der Waals surface area contributed by atoms with Gasteiger partial charge in [-0.1, -0.05) is 65.1 Å². The number of benzene rings is 2. The molecule has 0 fully saturated rings. The van der Waals surface area contributed by atoms with E-state index in [0.29, 0.717) is 23.9 Å². The summed E-state index contributed by atoms with van der Waals surface area (Å²) in [4.78, 5) is 27.3. The Morgan fingerprint density at radius 3 is 2.57 bits per heavy atom. The summed E-state index contributed by atoms with van der Waals surface area (Å²) in [6.45, 7) is 4.83. The zero-order valence-corrected chi connectivity index (χ0v) is 20.5. The van der Waals surface area contributed by atoms with E-state index in [2.05, 4.69) is 28.2 Å². The molecular weight excluding hydrogens is 484 g/mol. The fourth-order valence-corrected chi connectivity index (χ4v) is 4.22. The summed E-state index contributed by atoms with van der Waals surface area (Å²) >= 11 is 11.1. The summed E-state index contributed by atoms with van der Waals surface area (Å²) in [5.41, 5.74) is 2.06. The van der Waals surface area contributed by atoms with E-state index in [4.69, 9.17) is 11.6 Å². The summed E-state index contributed by atoms with van der Waals surface area (Å²) in [7, 11) is 0. The molecular formula is C23H28BrClN2O2S. The average Bonchev–Trinajstić information content (AvgIpc) is 2.73. The minimum atomic E-state index is -0.554. The molecule has 0 radical (unpaired) electrons. The number of carbonyl (C=O) groups excluding carboxylic acids is 2. The summed E-state index contributed by atoms with van der Waals surface area (Å²) < 4.78 is 1.03. The summed E-state index contributed by atoms with van der Waals surface area (Å²) in [5, 5.41) is 3.55. The highest BCUT2D eigenvalue weighted by atomic mass is 79.9. The van der Waals surface area contributed by atoms with Gasteiger partial charge in [-0.2, -0.15) is 0 Å². The molecule has 0 aliphatic carbocycles. The first-order valence-electron chi connectivity index (χ1n) is 10.0. The lowest BCUT2D eigenvalue weighted by Crippen LogP contribution is -2.48. The molecule has 0 aliphatic heterocycles. The van der Waals surface area contributed by atoms with E-state index in [9.17, 15) is 9.59 Å². The Hall–Kier alpha value is -1.50. The fraction of sp³-hybridized carbons (Fsp3) is 0.391. The molecule has 2 amide bonds. The van der Waals surface area contributed by atoms with Crippen LogP contribution in [0, 0.1) is 0 Å². The Bertz CT molecular complexity index is 832. The van der Waals surface area contributed by atoms with Gasteiger partial charge in [-0.05, 0) is 48.7 Å². The van der Waals surface area contributed by atoms with E-state index in [1.165, 1.54) is 0 Å². The van der Waals surface area contributed by atoms with Gasteiger partial charge in [0.25, 0.3) is 0 Å². The van der Waals surface area contributed by atoms with Crippen molar-refractivity contribution in [1.82, 2.24) is 10.2 Å². The summed E-state index contributed by atoms with van der Waals surface area (Å²) in [6, 6.07) is 14.9. The van der Waals surface area contributed by atoms with E-state index in [1.807, 2.05) is 42.5 Å². The second-order valence-electron chi connectivity index (χ2n) is 7.09. The van der Waals surface area contributed by atoms with Gasteiger partial charge in [0, 0.05) is 28.3 Å². The number of rotatable bonds is 11. The largest absolute Gasteiger partial charge is 0.354 e. The van der Waals surface area contributed by atoms with Crippen LogP contribution >= 0.6 is 39.3 Å². The fourth-order valence-electron chi connectivity index (χ4n) is 2.87. The van der Waals surface area contributed by atoms with Crippen LogP contribution in [0.3, 0.4) is 0 Å². The van der Waals surface area contributed by atoms with Crippen LogP contribution in [0.5, 0.6) is 0 Å². The Balaban J connectivity index is 2.03. The first kappa shape index (κ1) is 24.8. The molecule has 0 aromatic heterocycles. The van der Waals surface area contributed by atoms with Crippen LogP contribution < -0.4 is 5.32 Å². The number of amides is 2. The molecule has 162 valence electrons. The normalized spacial score (nSPS) is 11.7. The lowest BCUT2D eigenvalue weighted by molar-refractivity contribution is -0.138. The molecule has 0 spiro atoms. The van der Waals surface area contributed by atoms with Crippen molar-refractivity contribution in [3.8, 4) is 0 Å². The summed E-state index contributed by atoms with van der Waals surface area (Å²) in [6.07, 6.45) is 1.93. The Kier molecular flexibility index (Phi) is 10.8. The standard InChI is InChI=1S/C23H28BrClN2O2S/c1-3-4-12-26-23(29)17(2)27(14-19-6-5-7-21(25)13-19)22(28)16-30-15-18-8-10-20(24)11-9-18/h5-11,13,17H,3-4,12,14-16H2,1-2H3,(H,26,29)/t17-/m0/s1. The third kappa shape index (κ3) is 8.32. The highest BCUT2D eigenvalue weighted by molar-refractivity contribution is 9.10. The first-order chi connectivity index (χ1) is 14.4. The highest BCUT2D eigenvalue weighted by Crippen LogP contribution is 2.19. The molecule has 1 atom stereocenters. The van der Waals surface area contributed by atoms with Crippen LogP contribution in [0.25, 0.3) is 0 Å². The molecule has 0 unspecified atom stereocenters. The zero-order chi connectivity index (χ0) is 21.9. The van der Waals surface area contributed by atoms with Crippen LogP contribution in [0.1, 0.15) is 37.8 Å². The van der Waals surface area contributed by atoms with Gasteiger partial charge in [-0.3, -0.25) is 9.59 Å². The van der Waals surface area contributed by atoms with Gasteiger partial charge < -0.3 is 10.2 Å². The molecule has 7 heteroatoms. The van der Waals surface area contributed by atoms with Gasteiger partial charge in [-0.25, -0.2) is 0 Å². The molecule has 0 saturated carbocycles. The van der Waals surface area contributed by atoms with Gasteiger partial charge in [0.2, 0.25) is 11.8 Å². The monoisotopic (exact) mass is 510 g/mol. The van der Waals surface area contributed by atoms with Crippen molar-refractivity contribution in [1.29, 1.82) is 0 Å². The van der Waals surface area contributed by atoms with Gasteiger partial charge in [0.15, 0.2) is 0 Å². The van der Waals surface area contributed by atoms with E-state index < -0.39 is 6.04 Å². The van der Waals surface area contributed by atoms with Gasteiger partial charge in [-0.15, -0.1) is 11.8 Å². The predicted molar refractivity (Wildman–Crippen MR) is 130 cm³/mol. The van der Waals surface area contributed by atoms with E-state index >= 15 is 0 Å². The van der Waals surface area contributed by atoms with E-state index in [-0.39, 0.29) is 11.8 Å². The van der Waals surface area contributed by atoms with Crippen molar-refractivity contribution in [2.75, 3.05) is 12.3 Å². The number of unbranched alkanes of at least 4 members (excludes halogenated alkanes) is 1. The number of hydrogen-bond acceptors (Lipinski definition) is 3. The lowest BCUT2D eigenvalue weighted by atomic mass is 10.1. The van der Waals surface area contributed by atoms with E-state index in [0.717, 1.165) is 34.2 Å². The van der Waals surface area contributed by atoms with Crippen molar-refractivity contribution >= 4 is 51.1 Å². The third-order valence-corrected chi connectivity index (χ3v) is 6.40. The van der Waals surface area contributed by atoms with Crippen molar-refractivity contribution in [2.45, 2.75) is 45.0 Å². The molecule has 30 heavy (non-hydrogen) atoms. The summed E-state index contributed by atoms with van der Waals surface area (Å²) in [5.74, 6) is 0.858. The number of nitrogens with one attached hydrogen (secondary N) is 1. The van der Waals surface area contributed by atoms with Gasteiger partial charge >= 0.3 is 0 Å². The molecule has 2 rings (SSSR count). The van der Waals surface area contributed by atoms with Crippen LogP contribution in [0.4, 0.5) is 0 Å². The number of carbonyl (C=O) groups is 2. The molecule has 2 aromatic carbocycles. The smallest absolute Gasteiger partial charge is 0.242 e. The number of thioether (sulfide) groups is 1. The maximum absolute atomic E-state index is 13.0. The first-order valence-corrected chi connectivity index (χ1v) is 12.4. The van der Waals surface area contributed by atoms with Crippen molar-refractivity contribution in [3.63, 3.8) is 0 Å². The van der Waals surface area contributed by atoms with Crippen LogP contribution in [-0.4, -0.2) is 35.1 Å². The Morgan fingerprint density at radius 1 is 1.17 bits per heavy atom. The molecule has 4 nitrogen and oxygen atoms in total. The van der Waals surface area contributed by atoms with Gasteiger partial charge in [0.05, 0.1) is 5.75 Å².